The maximum absolute atomic E-state index is 13.0. The Hall–Kier alpha value is -2.58. The number of nitrogens with zero attached hydrogens (tertiary/aromatic N) is 1. The predicted octanol–water partition coefficient (Wildman–Crippen LogP) is 21.5. The number of rotatable bonds is 63. The average Bonchev–Trinajstić information content (AvgIpc) is 3.46. The molecule has 0 saturated heterocycles. The number of allylic oxidation sites excluding steroid dienone is 15. The molecular weight excluding hydrogens is 1030 g/mol. The van der Waals surface area contributed by atoms with E-state index >= 15 is 0 Å². The highest BCUT2D eigenvalue weighted by Crippen LogP contribution is 2.38. The van der Waals surface area contributed by atoms with Crippen LogP contribution in [0.5, 0.6) is 0 Å². The summed E-state index contributed by atoms with van der Waals surface area (Å²) in [6.07, 6.45) is 91.0. The molecule has 0 aromatic rings. The van der Waals surface area contributed by atoms with Crippen LogP contribution in [0.2, 0.25) is 0 Å². The third-order valence-corrected chi connectivity index (χ3v) is 16.2. The van der Waals surface area contributed by atoms with E-state index in [1.165, 1.54) is 212 Å². The zero-order chi connectivity index (χ0) is 59.8. The predicted molar refractivity (Wildman–Crippen MR) is 357 cm³/mol. The zero-order valence-electron chi connectivity index (χ0n) is 54.4. The molecule has 0 aliphatic heterocycles. The van der Waals surface area contributed by atoms with E-state index in [1.807, 2.05) is 27.2 Å². The van der Waals surface area contributed by atoms with Gasteiger partial charge in [-0.25, -0.2) is 0 Å². The highest BCUT2D eigenvalue weighted by molar-refractivity contribution is 7.45. The third-order valence-electron chi connectivity index (χ3n) is 15.3. The van der Waals surface area contributed by atoms with Crippen molar-refractivity contribution in [3.8, 4) is 0 Å². The third kappa shape index (κ3) is 65.0. The number of quaternary nitrogens is 1. The number of likely N-dealkylation sites (N-methyl/N-ethyl adjacent to an activating group) is 1. The van der Waals surface area contributed by atoms with E-state index in [0.717, 1.165) is 77.0 Å². The number of phosphoric ester groups is 1. The number of phosphoric acid groups is 1. The highest BCUT2D eigenvalue weighted by Gasteiger charge is 2.23. The molecule has 0 heterocycles. The second-order valence-corrected chi connectivity index (χ2v) is 25.9. The van der Waals surface area contributed by atoms with Crippen LogP contribution in [0.1, 0.15) is 309 Å². The van der Waals surface area contributed by atoms with Gasteiger partial charge in [-0.2, -0.15) is 0 Å². The molecule has 0 aromatic heterocycles. The number of carbonyl (C=O) groups excluding carboxylic acids is 1. The quantitative estimate of drug-likeness (QED) is 0.0272. The lowest BCUT2D eigenvalue weighted by Crippen LogP contribution is -2.45. The van der Waals surface area contributed by atoms with Crippen LogP contribution in [0, 0.1) is 0 Å². The van der Waals surface area contributed by atoms with Gasteiger partial charge in [0, 0.05) is 6.42 Å². The molecule has 0 spiro atoms. The molecule has 82 heavy (non-hydrogen) atoms. The summed E-state index contributed by atoms with van der Waals surface area (Å²) in [6, 6.07) is -0.907. The number of hydrogen-bond acceptors (Lipinski definition) is 6. The molecule has 476 valence electrons. The summed E-state index contributed by atoms with van der Waals surface area (Å²) in [6.45, 7) is 4.54. The van der Waals surface area contributed by atoms with Gasteiger partial charge in [-0.1, -0.05) is 317 Å². The molecule has 3 unspecified atom stereocenters. The molecule has 0 aromatic carbocycles. The molecule has 2 N–H and O–H groups in total. The number of nitrogens with one attached hydrogen (secondary N) is 1. The first kappa shape index (κ1) is 79.4. The van der Waals surface area contributed by atoms with Crippen LogP contribution in [0.4, 0.5) is 0 Å². The van der Waals surface area contributed by atoms with E-state index in [9.17, 15) is 19.4 Å². The molecule has 0 aliphatic rings. The van der Waals surface area contributed by atoms with Gasteiger partial charge in [-0.3, -0.25) is 9.36 Å². The summed E-state index contributed by atoms with van der Waals surface area (Å²) >= 11 is 0. The summed E-state index contributed by atoms with van der Waals surface area (Å²) in [5, 5.41) is 13.9. The lowest BCUT2D eigenvalue weighted by Gasteiger charge is -2.29. The Morgan fingerprint density at radius 3 is 1.13 bits per heavy atom. The van der Waals surface area contributed by atoms with Gasteiger partial charge in [-0.05, 0) is 83.5 Å². The van der Waals surface area contributed by atoms with Crippen LogP contribution in [0.15, 0.2) is 97.2 Å². The van der Waals surface area contributed by atoms with Gasteiger partial charge in [0.15, 0.2) is 0 Å². The van der Waals surface area contributed by atoms with Gasteiger partial charge in [0.05, 0.1) is 39.9 Å². The fourth-order valence-corrected chi connectivity index (χ4v) is 10.7. The van der Waals surface area contributed by atoms with E-state index < -0.39 is 26.6 Å². The van der Waals surface area contributed by atoms with Gasteiger partial charge in [0.2, 0.25) is 5.91 Å². The number of unbranched alkanes of at least 4 members (excludes halogenated alkanes) is 36. The summed E-state index contributed by atoms with van der Waals surface area (Å²) in [7, 11) is 1.25. The topological polar surface area (TPSA) is 108 Å². The number of aliphatic hydroxyl groups excluding tert-OH is 1. The van der Waals surface area contributed by atoms with Crippen molar-refractivity contribution in [3.63, 3.8) is 0 Å². The van der Waals surface area contributed by atoms with Crippen LogP contribution in [0.25, 0.3) is 0 Å². The molecule has 1 amide bonds. The molecule has 0 bridgehead atoms. The Morgan fingerprint density at radius 1 is 0.439 bits per heavy atom. The van der Waals surface area contributed by atoms with Gasteiger partial charge >= 0.3 is 0 Å². The standard InChI is InChI=1S/C73H133N2O6P/c1-6-8-10-12-14-16-18-20-22-24-26-28-29-30-31-32-33-34-35-36-37-38-39-40-41-42-43-44-45-47-49-51-53-55-57-59-61-63-65-67-73(77)74-71(70-81-82(78,79)80-69-68-75(3,4)5)72(76)66-64-62-60-58-56-54-52-50-48-46-27-25-23-21-19-17-15-13-11-9-7-2/h8,10,14,16,20,22,26,28,30-31,33-34,56,58,64,66,71-72,76H,6-7,9,11-13,15,17-19,21,23-25,27,29,32,35-55,57,59-63,65,67-70H2,1-5H3,(H-,74,77,78,79)/b10-8-,16-14-,22-20-,28-26-,31-30-,34-33-,58-56+,66-64+. The normalized spacial score (nSPS) is 14.3. The Bertz CT molecular complexity index is 1660. The van der Waals surface area contributed by atoms with Gasteiger partial charge in [0.1, 0.15) is 13.2 Å². The van der Waals surface area contributed by atoms with E-state index in [0.29, 0.717) is 17.4 Å². The average molecular weight is 1170 g/mol. The van der Waals surface area contributed by atoms with Crippen molar-refractivity contribution in [2.45, 2.75) is 321 Å². The first-order valence-corrected chi connectivity index (χ1v) is 36.1. The van der Waals surface area contributed by atoms with Crippen LogP contribution in [-0.2, 0) is 18.4 Å². The van der Waals surface area contributed by atoms with E-state index in [1.54, 1.807) is 6.08 Å². The molecule has 8 nitrogen and oxygen atoms in total. The molecule has 9 heteroatoms. The fraction of sp³-hybridized carbons (Fsp3) is 0.767. The highest BCUT2D eigenvalue weighted by atomic mass is 31.2. The van der Waals surface area contributed by atoms with E-state index in [2.05, 4.69) is 104 Å². The van der Waals surface area contributed by atoms with Crippen LogP contribution in [-0.4, -0.2) is 68.5 Å². The maximum Gasteiger partial charge on any atom is 0.268 e. The molecule has 0 aliphatic carbocycles. The van der Waals surface area contributed by atoms with Crippen molar-refractivity contribution in [2.75, 3.05) is 40.9 Å². The number of carbonyl (C=O) groups is 1. The molecule has 0 saturated carbocycles. The van der Waals surface area contributed by atoms with Crippen molar-refractivity contribution in [1.82, 2.24) is 5.32 Å². The summed E-state index contributed by atoms with van der Waals surface area (Å²) in [5.41, 5.74) is 0. The second kappa shape index (κ2) is 62.9. The van der Waals surface area contributed by atoms with Crippen LogP contribution in [0.3, 0.4) is 0 Å². The number of amides is 1. The minimum absolute atomic E-state index is 0.00763. The molecule has 0 rings (SSSR count). The van der Waals surface area contributed by atoms with Gasteiger partial charge < -0.3 is 28.8 Å². The van der Waals surface area contributed by atoms with Crippen molar-refractivity contribution in [3.05, 3.63) is 97.2 Å². The minimum atomic E-state index is -4.61. The molecule has 0 radical (unpaired) electrons. The maximum atomic E-state index is 13.0. The van der Waals surface area contributed by atoms with Crippen molar-refractivity contribution in [1.29, 1.82) is 0 Å². The largest absolute Gasteiger partial charge is 0.756 e. The summed E-state index contributed by atoms with van der Waals surface area (Å²) < 4.78 is 23.4. The number of hydrogen-bond donors (Lipinski definition) is 2. The van der Waals surface area contributed by atoms with Crippen molar-refractivity contribution in [2.24, 2.45) is 0 Å². The van der Waals surface area contributed by atoms with Gasteiger partial charge in [-0.15, -0.1) is 0 Å². The first-order valence-electron chi connectivity index (χ1n) is 34.6. The first-order chi connectivity index (χ1) is 40.0. The van der Waals surface area contributed by atoms with Crippen molar-refractivity contribution < 1.29 is 32.9 Å². The minimum Gasteiger partial charge on any atom is -0.756 e. The van der Waals surface area contributed by atoms with Crippen LogP contribution >= 0.6 is 7.82 Å². The van der Waals surface area contributed by atoms with E-state index in [-0.39, 0.29) is 12.5 Å². The Balaban J connectivity index is 4.03. The lowest BCUT2D eigenvalue weighted by molar-refractivity contribution is -0.870. The molecular formula is C73H133N2O6P. The SMILES string of the molecule is CC/C=C\C/C=C\C/C=C\C/C=C\C/C=C\C/C=C\CCCCCCCCCCCCCCCCCCCCCCC(=O)NC(COP(=O)([O-])OCC[N+](C)(C)C)C(O)/C=C/CC/C=C/CCCCCCCCCCCCCCCCC. The van der Waals surface area contributed by atoms with Crippen LogP contribution < -0.4 is 10.2 Å². The Labute approximate surface area is 509 Å². The summed E-state index contributed by atoms with van der Waals surface area (Å²) in [5.74, 6) is -0.204. The van der Waals surface area contributed by atoms with Crippen molar-refractivity contribution >= 4 is 13.7 Å². The van der Waals surface area contributed by atoms with E-state index in [4.69, 9.17) is 9.05 Å². The fourth-order valence-electron chi connectivity index (χ4n) is 9.94. The Morgan fingerprint density at radius 2 is 0.756 bits per heavy atom. The monoisotopic (exact) mass is 1160 g/mol. The smallest absolute Gasteiger partial charge is 0.268 e. The number of aliphatic hydroxyl groups is 1. The molecule has 0 fully saturated rings. The summed E-state index contributed by atoms with van der Waals surface area (Å²) in [4.78, 5) is 25.6. The lowest BCUT2D eigenvalue weighted by atomic mass is 10.0. The molecule has 3 atom stereocenters. The van der Waals surface area contributed by atoms with Gasteiger partial charge in [0.25, 0.3) is 7.82 Å². The Kier molecular flexibility index (Phi) is 61.0. The second-order valence-electron chi connectivity index (χ2n) is 24.5. The zero-order valence-corrected chi connectivity index (χ0v) is 55.3.